The topological polar surface area (TPSA) is 78.3 Å². The zero-order valence-electron chi connectivity index (χ0n) is 24.6. The van der Waals surface area contributed by atoms with Gasteiger partial charge in [-0.15, -0.1) is 0 Å². The number of carbonyl (C=O) groups is 1. The van der Waals surface area contributed by atoms with Gasteiger partial charge in [-0.3, -0.25) is 0 Å². The number of esters is 1. The van der Waals surface area contributed by atoms with E-state index in [1.54, 1.807) is 23.8 Å². The van der Waals surface area contributed by atoms with Gasteiger partial charge in [-0.25, -0.2) is 4.79 Å². The number of carbonyl (C=O) groups excluding carboxylic acids is 1. The molecule has 5 rings (SSSR count). The number of allylic oxidation sites excluding steroid dienone is 1. The Labute approximate surface area is 231 Å². The normalized spacial score (nSPS) is 37.1. The smallest absolute Gasteiger partial charge is 0.340 e. The van der Waals surface area contributed by atoms with E-state index in [1.165, 1.54) is 51.4 Å². The number of fused-ring (bicyclic) bond motifs is 5. The predicted octanol–water partition coefficient (Wildman–Crippen LogP) is 8.42. The molecule has 0 spiro atoms. The van der Waals surface area contributed by atoms with Crippen molar-refractivity contribution in [2.24, 2.45) is 46.3 Å². The van der Waals surface area contributed by atoms with Crippen LogP contribution in [0, 0.1) is 46.3 Å². The summed E-state index contributed by atoms with van der Waals surface area (Å²) < 4.78 is 6.00. The molecule has 0 radical (unpaired) electrons. The molecule has 1 aromatic carbocycles. The summed E-state index contributed by atoms with van der Waals surface area (Å²) >= 11 is 0. The van der Waals surface area contributed by atoms with Crippen LogP contribution in [-0.4, -0.2) is 12.1 Å². The van der Waals surface area contributed by atoms with Crippen molar-refractivity contribution in [1.29, 1.82) is 0 Å². The summed E-state index contributed by atoms with van der Waals surface area (Å²) in [4.78, 5) is 12.9. The summed E-state index contributed by atoms with van der Waals surface area (Å²) in [6, 6.07) is 5.20. The van der Waals surface area contributed by atoms with Gasteiger partial charge in [0.1, 0.15) is 6.10 Å². The van der Waals surface area contributed by atoms with E-state index in [-0.39, 0.29) is 17.5 Å². The molecule has 0 bridgehead atoms. The van der Waals surface area contributed by atoms with E-state index < -0.39 is 0 Å². The summed E-state index contributed by atoms with van der Waals surface area (Å²) in [5.41, 5.74) is 15.4. The Kier molecular flexibility index (Phi) is 7.66. The molecule has 4 N–H and O–H groups in total. The van der Waals surface area contributed by atoms with Crippen molar-refractivity contribution in [2.45, 2.75) is 111 Å². The molecule has 210 valence electrons. The Morgan fingerprint density at radius 2 is 1.82 bits per heavy atom. The maximum atomic E-state index is 12.9. The van der Waals surface area contributed by atoms with Crippen molar-refractivity contribution in [3.05, 3.63) is 35.4 Å². The van der Waals surface area contributed by atoms with Crippen molar-refractivity contribution in [2.75, 3.05) is 11.5 Å². The number of hydrogen-bond acceptors (Lipinski definition) is 4. The quantitative estimate of drug-likeness (QED) is 0.215. The average molecular weight is 521 g/mol. The highest BCUT2D eigenvalue weighted by Crippen LogP contribution is 2.67. The number of nitrogen functional groups attached to an aromatic ring is 2. The van der Waals surface area contributed by atoms with Crippen molar-refractivity contribution in [3.8, 4) is 0 Å². The van der Waals surface area contributed by atoms with Crippen LogP contribution in [0.25, 0.3) is 0 Å². The van der Waals surface area contributed by atoms with Crippen molar-refractivity contribution < 1.29 is 9.53 Å². The van der Waals surface area contributed by atoms with Gasteiger partial charge in [0.05, 0.1) is 16.9 Å². The second kappa shape index (κ2) is 10.5. The minimum absolute atomic E-state index is 0.0735. The molecule has 0 heterocycles. The molecule has 4 nitrogen and oxygen atoms in total. The molecule has 4 aliphatic rings. The second-order valence-electron chi connectivity index (χ2n) is 14.4. The maximum absolute atomic E-state index is 12.9. The first kappa shape index (κ1) is 27.6. The van der Waals surface area contributed by atoms with Gasteiger partial charge >= 0.3 is 5.97 Å². The van der Waals surface area contributed by atoms with E-state index in [1.807, 2.05) is 0 Å². The number of ether oxygens (including phenoxy) is 1. The van der Waals surface area contributed by atoms with Crippen LogP contribution >= 0.6 is 0 Å². The predicted molar refractivity (Wildman–Crippen MR) is 158 cm³/mol. The third kappa shape index (κ3) is 4.79. The van der Waals surface area contributed by atoms with E-state index in [0.717, 1.165) is 54.8 Å². The Morgan fingerprint density at radius 3 is 2.58 bits per heavy atom. The zero-order chi connectivity index (χ0) is 27.2. The molecule has 0 aromatic heterocycles. The Bertz CT molecular complexity index is 1060. The van der Waals surface area contributed by atoms with E-state index in [2.05, 4.69) is 40.7 Å². The van der Waals surface area contributed by atoms with Gasteiger partial charge in [-0.05, 0) is 103 Å². The number of nitrogens with two attached hydrogens (primary N) is 2. The highest BCUT2D eigenvalue weighted by molar-refractivity contribution is 5.98. The number of para-hydroxylation sites is 1. The Morgan fingerprint density at radius 1 is 1.03 bits per heavy atom. The van der Waals surface area contributed by atoms with Crippen LogP contribution in [0.5, 0.6) is 0 Å². The summed E-state index contributed by atoms with van der Waals surface area (Å²) in [5.74, 6) is 4.69. The monoisotopic (exact) mass is 520 g/mol. The summed E-state index contributed by atoms with van der Waals surface area (Å²) in [6.07, 6.45) is 16.4. The molecule has 0 aliphatic heterocycles. The molecular weight excluding hydrogens is 468 g/mol. The molecule has 8 atom stereocenters. The fourth-order valence-electron chi connectivity index (χ4n) is 9.73. The highest BCUT2D eigenvalue weighted by Gasteiger charge is 2.59. The van der Waals surface area contributed by atoms with Crippen molar-refractivity contribution >= 4 is 17.3 Å². The fraction of sp³-hybridized carbons (Fsp3) is 0.735. The fourth-order valence-corrected chi connectivity index (χ4v) is 9.73. The molecule has 0 unspecified atom stereocenters. The van der Waals surface area contributed by atoms with E-state index in [4.69, 9.17) is 16.2 Å². The van der Waals surface area contributed by atoms with Gasteiger partial charge < -0.3 is 16.2 Å². The minimum Gasteiger partial charge on any atom is -0.458 e. The van der Waals surface area contributed by atoms with E-state index >= 15 is 0 Å². The maximum Gasteiger partial charge on any atom is 0.340 e. The summed E-state index contributed by atoms with van der Waals surface area (Å²) in [5, 5.41) is 0. The lowest BCUT2D eigenvalue weighted by Gasteiger charge is -2.58. The molecule has 0 saturated heterocycles. The molecule has 38 heavy (non-hydrogen) atoms. The van der Waals surface area contributed by atoms with Gasteiger partial charge in [-0.2, -0.15) is 0 Å². The third-order valence-electron chi connectivity index (χ3n) is 11.9. The number of benzene rings is 1. The SMILES string of the molecule is CC(C)CCC[C@@H](C)[C@H]1CC[C@H]2[C@@H]3CC=C4C[C@@H](OC(=O)c5cccc(N)c5N)CC[C@]4(C)[C@H]3CC[C@]12C. The molecule has 4 heteroatoms. The van der Waals surface area contributed by atoms with Gasteiger partial charge in [0.15, 0.2) is 0 Å². The summed E-state index contributed by atoms with van der Waals surface area (Å²) in [6.45, 7) is 12.5. The van der Waals surface area contributed by atoms with Crippen LogP contribution in [0.4, 0.5) is 11.4 Å². The Balaban J connectivity index is 1.26. The summed E-state index contributed by atoms with van der Waals surface area (Å²) in [7, 11) is 0. The van der Waals surface area contributed by atoms with Crippen LogP contribution < -0.4 is 11.5 Å². The van der Waals surface area contributed by atoms with Crippen LogP contribution in [0.3, 0.4) is 0 Å². The van der Waals surface area contributed by atoms with E-state index in [0.29, 0.717) is 22.4 Å². The van der Waals surface area contributed by atoms with Gasteiger partial charge in [0.25, 0.3) is 0 Å². The van der Waals surface area contributed by atoms with Crippen LogP contribution in [0.15, 0.2) is 29.8 Å². The standard InChI is InChI=1S/C34H52N2O2/c1-21(2)8-6-9-22(3)27-14-15-28-25-13-12-23-20-24(38-32(37)26-10-7-11-30(35)31(26)36)16-18-33(23,4)29(25)17-19-34(27,28)5/h7,10-12,21-22,24-25,27-29H,6,8-9,13-20,35-36H2,1-5H3/t22-,24+,25+,27-,28+,29+,33+,34-/m1/s1. The first-order valence-electron chi connectivity index (χ1n) is 15.6. The zero-order valence-corrected chi connectivity index (χ0v) is 24.6. The molecule has 0 amide bonds. The van der Waals surface area contributed by atoms with Gasteiger partial charge in [0.2, 0.25) is 0 Å². The van der Waals surface area contributed by atoms with Gasteiger partial charge in [0, 0.05) is 6.42 Å². The average Bonchev–Trinajstić information content (AvgIpc) is 3.23. The minimum atomic E-state index is -0.342. The van der Waals surface area contributed by atoms with E-state index in [9.17, 15) is 4.79 Å². The van der Waals surface area contributed by atoms with Crippen LogP contribution in [0.2, 0.25) is 0 Å². The lowest BCUT2D eigenvalue weighted by Crippen LogP contribution is -2.51. The molecule has 1 aromatic rings. The lowest BCUT2D eigenvalue weighted by atomic mass is 9.47. The van der Waals surface area contributed by atoms with Crippen molar-refractivity contribution in [1.82, 2.24) is 0 Å². The molecule has 4 aliphatic carbocycles. The van der Waals surface area contributed by atoms with Gasteiger partial charge in [-0.1, -0.05) is 71.6 Å². The second-order valence-corrected chi connectivity index (χ2v) is 14.4. The van der Waals surface area contributed by atoms with Crippen molar-refractivity contribution in [3.63, 3.8) is 0 Å². The molecule has 3 saturated carbocycles. The molecule has 3 fully saturated rings. The molecular formula is C34H52N2O2. The number of anilines is 2. The first-order chi connectivity index (χ1) is 18.0. The van der Waals surface area contributed by atoms with Crippen LogP contribution in [-0.2, 0) is 4.74 Å². The van der Waals surface area contributed by atoms with Crippen LogP contribution in [0.1, 0.15) is 116 Å². The Hall–Kier alpha value is -1.97. The third-order valence-corrected chi connectivity index (χ3v) is 11.9. The number of rotatable bonds is 7. The highest BCUT2D eigenvalue weighted by atomic mass is 16.5. The lowest BCUT2D eigenvalue weighted by molar-refractivity contribution is -0.0594. The largest absolute Gasteiger partial charge is 0.458 e. The first-order valence-corrected chi connectivity index (χ1v) is 15.6. The number of hydrogen-bond donors (Lipinski definition) is 2.